The van der Waals surface area contributed by atoms with E-state index in [0.29, 0.717) is 23.2 Å². The fourth-order valence-corrected chi connectivity index (χ4v) is 3.78. The van der Waals surface area contributed by atoms with Gasteiger partial charge < -0.3 is 9.88 Å². The van der Waals surface area contributed by atoms with Gasteiger partial charge in [-0.15, -0.1) is 10.2 Å². The van der Waals surface area contributed by atoms with Gasteiger partial charge in [0.15, 0.2) is 10.9 Å². The Kier molecular flexibility index (Phi) is 7.14. The van der Waals surface area contributed by atoms with Crippen LogP contribution in [-0.4, -0.2) is 37.1 Å². The molecule has 31 heavy (non-hydrogen) atoms. The van der Waals surface area contributed by atoms with E-state index in [1.807, 2.05) is 38.1 Å². The molecular weight excluding hydrogens is 418 g/mol. The van der Waals surface area contributed by atoms with Crippen molar-refractivity contribution in [2.24, 2.45) is 0 Å². The highest BCUT2D eigenvalue weighted by Gasteiger charge is 2.17. The SMILES string of the molecule is CCn1c(CC(=O)Nc2ccc(C)cc2)nnc1SCC(=O)c1cccc([N+](=O)[O-])c1. The van der Waals surface area contributed by atoms with E-state index < -0.39 is 4.92 Å². The maximum Gasteiger partial charge on any atom is 0.270 e. The number of amides is 1. The molecule has 2 aromatic carbocycles. The molecule has 9 nitrogen and oxygen atoms in total. The predicted molar refractivity (Wildman–Crippen MR) is 117 cm³/mol. The number of thioether (sulfide) groups is 1. The number of aryl methyl sites for hydroxylation is 1. The summed E-state index contributed by atoms with van der Waals surface area (Å²) in [6.45, 7) is 4.41. The molecular formula is C21H21N5O4S. The average Bonchev–Trinajstić information content (AvgIpc) is 3.14. The Morgan fingerprint density at radius 1 is 1.16 bits per heavy atom. The molecule has 0 aliphatic rings. The second kappa shape index (κ2) is 9.98. The van der Waals surface area contributed by atoms with Gasteiger partial charge in [-0.1, -0.05) is 41.6 Å². The van der Waals surface area contributed by atoms with Crippen molar-refractivity contribution in [2.75, 3.05) is 11.1 Å². The molecule has 3 aromatic rings. The van der Waals surface area contributed by atoms with Crippen molar-refractivity contribution in [1.82, 2.24) is 14.8 Å². The van der Waals surface area contributed by atoms with Crippen molar-refractivity contribution in [3.05, 3.63) is 75.6 Å². The summed E-state index contributed by atoms with van der Waals surface area (Å²) < 4.78 is 1.78. The van der Waals surface area contributed by atoms with Gasteiger partial charge in [-0.2, -0.15) is 0 Å². The van der Waals surface area contributed by atoms with E-state index in [9.17, 15) is 19.7 Å². The van der Waals surface area contributed by atoms with E-state index in [1.54, 1.807) is 10.6 Å². The standard InChI is InChI=1S/C21H21N5O4S/c1-3-25-19(12-20(28)22-16-9-7-14(2)8-10-16)23-24-21(25)31-13-18(27)15-5-4-6-17(11-15)26(29)30/h4-11H,3,12-13H2,1-2H3,(H,22,28). The number of ketones is 1. The number of hydrogen-bond donors (Lipinski definition) is 1. The third kappa shape index (κ3) is 5.76. The van der Waals surface area contributed by atoms with Crippen LogP contribution in [-0.2, 0) is 17.8 Å². The third-order valence-electron chi connectivity index (χ3n) is 4.47. The first-order valence-corrected chi connectivity index (χ1v) is 10.5. The van der Waals surface area contributed by atoms with Crippen molar-refractivity contribution in [2.45, 2.75) is 32.0 Å². The van der Waals surface area contributed by atoms with Crippen LogP contribution in [0.1, 0.15) is 28.7 Å². The molecule has 10 heteroatoms. The Bertz CT molecular complexity index is 1110. The van der Waals surface area contributed by atoms with E-state index in [1.165, 1.54) is 30.0 Å². The van der Waals surface area contributed by atoms with Crippen LogP contribution in [0.15, 0.2) is 53.7 Å². The topological polar surface area (TPSA) is 120 Å². The number of carbonyl (C=O) groups excluding carboxylic acids is 2. The normalized spacial score (nSPS) is 10.6. The molecule has 160 valence electrons. The summed E-state index contributed by atoms with van der Waals surface area (Å²) >= 11 is 1.18. The number of nitro groups is 1. The summed E-state index contributed by atoms with van der Waals surface area (Å²) in [5, 5.41) is 22.4. The van der Waals surface area contributed by atoms with Crippen LogP contribution >= 0.6 is 11.8 Å². The van der Waals surface area contributed by atoms with Crippen LogP contribution in [0.2, 0.25) is 0 Å². The second-order valence-electron chi connectivity index (χ2n) is 6.75. The Labute approximate surface area is 183 Å². The van der Waals surface area contributed by atoms with Crippen molar-refractivity contribution < 1.29 is 14.5 Å². The lowest BCUT2D eigenvalue weighted by atomic mass is 10.1. The van der Waals surface area contributed by atoms with Crippen molar-refractivity contribution in [3.63, 3.8) is 0 Å². The Morgan fingerprint density at radius 2 is 1.90 bits per heavy atom. The molecule has 0 fully saturated rings. The number of aromatic nitrogens is 3. The molecule has 0 radical (unpaired) electrons. The van der Waals surface area contributed by atoms with Gasteiger partial charge in [0.25, 0.3) is 5.69 Å². The lowest BCUT2D eigenvalue weighted by Crippen LogP contribution is -2.17. The predicted octanol–water partition coefficient (Wildman–Crippen LogP) is 3.67. The molecule has 1 N–H and O–H groups in total. The Hall–Kier alpha value is -3.53. The van der Waals surface area contributed by atoms with Gasteiger partial charge in [0, 0.05) is 29.9 Å². The summed E-state index contributed by atoms with van der Waals surface area (Å²) in [6, 6.07) is 13.1. The zero-order valence-corrected chi connectivity index (χ0v) is 17.9. The number of nitro benzene ring substituents is 1. The maximum atomic E-state index is 12.4. The molecule has 0 aliphatic carbocycles. The summed E-state index contributed by atoms with van der Waals surface area (Å²) in [6.07, 6.45) is 0.0497. The monoisotopic (exact) mass is 439 g/mol. The number of anilines is 1. The van der Waals surface area contributed by atoms with Gasteiger partial charge in [0.05, 0.1) is 17.1 Å². The van der Waals surface area contributed by atoms with Crippen LogP contribution < -0.4 is 5.32 Å². The van der Waals surface area contributed by atoms with Crippen molar-refractivity contribution in [3.8, 4) is 0 Å². The number of benzene rings is 2. The first kappa shape index (κ1) is 22.2. The minimum Gasteiger partial charge on any atom is -0.326 e. The molecule has 0 aliphatic heterocycles. The number of Topliss-reactive ketones (excluding diaryl/α,β-unsaturated/α-hetero) is 1. The zero-order valence-electron chi connectivity index (χ0n) is 17.1. The number of hydrogen-bond acceptors (Lipinski definition) is 7. The summed E-state index contributed by atoms with van der Waals surface area (Å²) in [5.41, 5.74) is 1.94. The van der Waals surface area contributed by atoms with Gasteiger partial charge in [0.2, 0.25) is 5.91 Å². The molecule has 1 aromatic heterocycles. The molecule has 0 saturated carbocycles. The summed E-state index contributed by atoms with van der Waals surface area (Å²) in [5.74, 6) is 0.0834. The Morgan fingerprint density at radius 3 is 2.58 bits per heavy atom. The Balaban J connectivity index is 1.63. The van der Waals surface area contributed by atoms with Crippen LogP contribution in [0.3, 0.4) is 0 Å². The smallest absolute Gasteiger partial charge is 0.270 e. The molecule has 1 heterocycles. The molecule has 0 unspecified atom stereocenters. The molecule has 3 rings (SSSR count). The van der Waals surface area contributed by atoms with Crippen LogP contribution in [0.25, 0.3) is 0 Å². The lowest BCUT2D eigenvalue weighted by molar-refractivity contribution is -0.384. The largest absolute Gasteiger partial charge is 0.326 e. The van der Waals surface area contributed by atoms with Gasteiger partial charge in [-0.05, 0) is 26.0 Å². The zero-order chi connectivity index (χ0) is 22.4. The van der Waals surface area contributed by atoms with Gasteiger partial charge >= 0.3 is 0 Å². The van der Waals surface area contributed by atoms with Crippen LogP contribution in [0, 0.1) is 17.0 Å². The van der Waals surface area contributed by atoms with Gasteiger partial charge in [-0.3, -0.25) is 19.7 Å². The van der Waals surface area contributed by atoms with E-state index in [2.05, 4.69) is 15.5 Å². The lowest BCUT2D eigenvalue weighted by Gasteiger charge is -2.08. The van der Waals surface area contributed by atoms with Crippen molar-refractivity contribution >= 4 is 34.8 Å². The van der Waals surface area contributed by atoms with Crippen LogP contribution in [0.4, 0.5) is 11.4 Å². The van der Waals surface area contributed by atoms with Crippen LogP contribution in [0.5, 0.6) is 0 Å². The second-order valence-corrected chi connectivity index (χ2v) is 7.70. The molecule has 1 amide bonds. The molecule has 0 saturated heterocycles. The van der Waals surface area contributed by atoms with Gasteiger partial charge in [0.1, 0.15) is 5.82 Å². The first-order chi connectivity index (χ1) is 14.9. The number of rotatable bonds is 9. The molecule has 0 atom stereocenters. The third-order valence-corrected chi connectivity index (χ3v) is 5.44. The fourth-order valence-electron chi connectivity index (χ4n) is 2.87. The van der Waals surface area contributed by atoms with E-state index in [-0.39, 0.29) is 35.1 Å². The average molecular weight is 439 g/mol. The van der Waals surface area contributed by atoms with E-state index in [0.717, 1.165) is 5.56 Å². The quantitative estimate of drug-likeness (QED) is 0.234. The van der Waals surface area contributed by atoms with Crippen molar-refractivity contribution in [1.29, 1.82) is 0 Å². The molecule has 0 spiro atoms. The van der Waals surface area contributed by atoms with Gasteiger partial charge in [-0.25, -0.2) is 0 Å². The minimum absolute atomic E-state index is 0.0497. The van der Waals surface area contributed by atoms with E-state index >= 15 is 0 Å². The maximum absolute atomic E-state index is 12.4. The summed E-state index contributed by atoms with van der Waals surface area (Å²) in [7, 11) is 0. The molecule has 0 bridgehead atoms. The highest BCUT2D eigenvalue weighted by atomic mass is 32.2. The number of non-ortho nitro benzene ring substituents is 1. The minimum atomic E-state index is -0.536. The summed E-state index contributed by atoms with van der Waals surface area (Å²) in [4.78, 5) is 35.2. The first-order valence-electron chi connectivity index (χ1n) is 9.56. The fraction of sp³-hybridized carbons (Fsp3) is 0.238. The highest BCUT2D eigenvalue weighted by molar-refractivity contribution is 7.99. The number of carbonyl (C=O) groups is 2. The highest BCUT2D eigenvalue weighted by Crippen LogP contribution is 2.21. The number of nitrogens with one attached hydrogen (secondary N) is 1. The van der Waals surface area contributed by atoms with E-state index in [4.69, 9.17) is 0 Å². The number of nitrogens with zero attached hydrogens (tertiary/aromatic N) is 4.